The quantitative estimate of drug-likeness (QED) is 0.191. The Kier molecular flexibility index (Phi) is 6.48. The van der Waals surface area contributed by atoms with Gasteiger partial charge in [-0.1, -0.05) is 48.9 Å². The monoisotopic (exact) mass is 470 g/mol. The summed E-state index contributed by atoms with van der Waals surface area (Å²) >= 11 is 0. The maximum absolute atomic E-state index is 11.5. The third kappa shape index (κ3) is 5.35. The molecular formula is C28H26N2O5. The number of nitrogens with one attached hydrogen (secondary N) is 1. The van der Waals surface area contributed by atoms with Crippen molar-refractivity contribution in [2.75, 3.05) is 0 Å². The highest BCUT2D eigenvalue weighted by Crippen LogP contribution is 2.26. The number of hydrogen-bond acceptors (Lipinski definition) is 6. The number of alkyl carbamates (subject to hydrolysis) is 1. The lowest BCUT2D eigenvalue weighted by Gasteiger charge is -2.07. The van der Waals surface area contributed by atoms with E-state index in [1.165, 1.54) is 10.9 Å². The Labute approximate surface area is 203 Å². The molecule has 3 aromatic carbocycles. The molecule has 7 heteroatoms. The van der Waals surface area contributed by atoms with Gasteiger partial charge in [-0.15, -0.1) is 0 Å². The van der Waals surface area contributed by atoms with E-state index in [1.54, 1.807) is 0 Å². The van der Waals surface area contributed by atoms with E-state index in [9.17, 15) is 9.59 Å². The van der Waals surface area contributed by atoms with Crippen LogP contribution in [0.2, 0.25) is 0 Å². The van der Waals surface area contributed by atoms with Crippen molar-refractivity contribution in [1.82, 2.24) is 10.3 Å². The van der Waals surface area contributed by atoms with E-state index in [2.05, 4.69) is 39.3 Å². The number of oxazole rings is 1. The first-order valence-electron chi connectivity index (χ1n) is 11.7. The molecule has 1 atom stereocenters. The van der Waals surface area contributed by atoms with Crippen LogP contribution < -0.4 is 10.1 Å². The standard InChI is InChI=1S/C28H26N2O5/c1-18-25(29-26(34-18)22-13-12-20-7-3-4-8-21(20)16-22)17-33-23-14-10-19(11-15-23)6-2-5-9-24-27(31)35-28(32)30-24/h3-4,7-8,10-16,24H,2,5-6,9,17H2,1H3,(H,30,32). The molecule has 5 rings (SSSR count). The molecule has 0 bridgehead atoms. The Hall–Kier alpha value is -4.13. The van der Waals surface area contributed by atoms with Crippen LogP contribution in [0.5, 0.6) is 5.75 Å². The molecule has 178 valence electrons. The summed E-state index contributed by atoms with van der Waals surface area (Å²) in [6.07, 6.45) is 2.55. The molecular weight excluding hydrogens is 444 g/mol. The van der Waals surface area contributed by atoms with E-state index in [0.717, 1.165) is 47.4 Å². The fourth-order valence-corrected chi connectivity index (χ4v) is 4.17. The molecule has 0 saturated carbocycles. The molecule has 35 heavy (non-hydrogen) atoms. The van der Waals surface area contributed by atoms with Crippen LogP contribution in [0, 0.1) is 6.92 Å². The van der Waals surface area contributed by atoms with Crippen molar-refractivity contribution in [1.29, 1.82) is 0 Å². The minimum absolute atomic E-state index is 0.325. The molecule has 1 N–H and O–H groups in total. The van der Waals surface area contributed by atoms with Crippen molar-refractivity contribution in [2.24, 2.45) is 0 Å². The summed E-state index contributed by atoms with van der Waals surface area (Å²) in [5.74, 6) is 1.61. The predicted molar refractivity (Wildman–Crippen MR) is 131 cm³/mol. The molecule has 1 unspecified atom stereocenters. The fraction of sp³-hybridized carbons (Fsp3) is 0.250. The van der Waals surface area contributed by atoms with Gasteiger partial charge in [0.05, 0.1) is 0 Å². The van der Waals surface area contributed by atoms with Crippen LogP contribution >= 0.6 is 0 Å². The van der Waals surface area contributed by atoms with Gasteiger partial charge in [-0.05, 0) is 66.8 Å². The van der Waals surface area contributed by atoms with Gasteiger partial charge in [-0.2, -0.15) is 0 Å². The van der Waals surface area contributed by atoms with E-state index in [0.29, 0.717) is 18.9 Å². The van der Waals surface area contributed by atoms with Crippen LogP contribution in [0.25, 0.3) is 22.2 Å². The van der Waals surface area contributed by atoms with Crippen LogP contribution in [0.4, 0.5) is 4.79 Å². The van der Waals surface area contributed by atoms with Crippen LogP contribution in [-0.4, -0.2) is 23.1 Å². The second-order valence-electron chi connectivity index (χ2n) is 8.67. The fourth-order valence-electron chi connectivity index (χ4n) is 4.17. The highest BCUT2D eigenvalue weighted by Gasteiger charge is 2.31. The average Bonchev–Trinajstić information content (AvgIpc) is 3.41. The number of benzene rings is 3. The Morgan fingerprint density at radius 2 is 1.77 bits per heavy atom. The minimum atomic E-state index is -0.652. The van der Waals surface area contributed by atoms with Gasteiger partial charge in [0.1, 0.15) is 29.9 Å². The number of cyclic esters (lactones) is 2. The third-order valence-electron chi connectivity index (χ3n) is 6.17. The van der Waals surface area contributed by atoms with Gasteiger partial charge in [0.2, 0.25) is 5.89 Å². The number of unbranched alkanes of at least 4 members (excludes halogenated alkanes) is 1. The first-order chi connectivity index (χ1) is 17.0. The molecule has 1 aliphatic heterocycles. The number of hydrogen-bond donors (Lipinski definition) is 1. The SMILES string of the molecule is Cc1oc(-c2ccc3ccccc3c2)nc1COc1ccc(CCCCC2NC(=O)OC2=O)cc1. The summed E-state index contributed by atoms with van der Waals surface area (Å²) in [5, 5.41) is 4.84. The van der Waals surface area contributed by atoms with Crippen molar-refractivity contribution in [3.8, 4) is 17.2 Å². The summed E-state index contributed by atoms with van der Waals surface area (Å²) in [7, 11) is 0. The lowest BCUT2D eigenvalue weighted by molar-refractivity contribution is -0.135. The first-order valence-corrected chi connectivity index (χ1v) is 11.7. The van der Waals surface area contributed by atoms with Gasteiger partial charge in [0, 0.05) is 5.56 Å². The van der Waals surface area contributed by atoms with Gasteiger partial charge >= 0.3 is 12.1 Å². The minimum Gasteiger partial charge on any atom is -0.487 e. The molecule has 0 spiro atoms. The molecule has 1 aliphatic rings. The van der Waals surface area contributed by atoms with Crippen molar-refractivity contribution in [2.45, 2.75) is 45.3 Å². The third-order valence-corrected chi connectivity index (χ3v) is 6.17. The lowest BCUT2D eigenvalue weighted by atomic mass is 10.0. The van der Waals surface area contributed by atoms with Crippen LogP contribution in [-0.2, 0) is 22.6 Å². The van der Waals surface area contributed by atoms with E-state index < -0.39 is 18.1 Å². The van der Waals surface area contributed by atoms with Gasteiger partial charge in [-0.3, -0.25) is 0 Å². The number of aromatic nitrogens is 1. The second-order valence-corrected chi connectivity index (χ2v) is 8.67. The second kappa shape index (κ2) is 10.0. The van der Waals surface area contributed by atoms with Crippen LogP contribution in [0.15, 0.2) is 71.1 Å². The number of esters is 1. The summed E-state index contributed by atoms with van der Waals surface area (Å²) < 4.78 is 16.4. The van der Waals surface area contributed by atoms with E-state index in [1.807, 2.05) is 49.4 Å². The maximum atomic E-state index is 11.5. The van der Waals surface area contributed by atoms with Crippen molar-refractivity contribution in [3.63, 3.8) is 0 Å². The Morgan fingerprint density at radius 1 is 0.971 bits per heavy atom. The molecule has 1 amide bonds. The number of fused-ring (bicyclic) bond motifs is 1. The van der Waals surface area contributed by atoms with E-state index >= 15 is 0 Å². The number of amides is 1. The van der Waals surface area contributed by atoms with Gasteiger partial charge in [0.15, 0.2) is 0 Å². The lowest BCUT2D eigenvalue weighted by Crippen LogP contribution is -2.28. The topological polar surface area (TPSA) is 90.7 Å². The summed E-state index contributed by atoms with van der Waals surface area (Å²) in [4.78, 5) is 27.2. The normalized spacial score (nSPS) is 15.3. The largest absolute Gasteiger partial charge is 0.487 e. The van der Waals surface area contributed by atoms with Crippen molar-refractivity contribution >= 4 is 22.8 Å². The first kappa shape index (κ1) is 22.7. The molecule has 0 radical (unpaired) electrons. The summed E-state index contributed by atoms with van der Waals surface area (Å²) in [6.45, 7) is 2.22. The number of ether oxygens (including phenoxy) is 2. The molecule has 4 aromatic rings. The number of aryl methyl sites for hydroxylation is 2. The summed E-state index contributed by atoms with van der Waals surface area (Å²) in [6, 6.07) is 21.8. The van der Waals surface area contributed by atoms with Gasteiger partial charge in [-0.25, -0.2) is 14.6 Å². The van der Waals surface area contributed by atoms with Crippen LogP contribution in [0.1, 0.15) is 36.3 Å². The molecule has 7 nitrogen and oxygen atoms in total. The van der Waals surface area contributed by atoms with Crippen molar-refractivity contribution < 1.29 is 23.5 Å². The van der Waals surface area contributed by atoms with Gasteiger partial charge in [0.25, 0.3) is 0 Å². The van der Waals surface area contributed by atoms with E-state index in [-0.39, 0.29) is 0 Å². The van der Waals surface area contributed by atoms with Crippen LogP contribution in [0.3, 0.4) is 0 Å². The van der Waals surface area contributed by atoms with E-state index in [4.69, 9.17) is 9.15 Å². The molecule has 1 saturated heterocycles. The molecule has 1 fully saturated rings. The number of nitrogens with zero attached hydrogens (tertiary/aromatic N) is 1. The smallest absolute Gasteiger partial charge is 0.415 e. The number of rotatable bonds is 9. The maximum Gasteiger partial charge on any atom is 0.415 e. The Morgan fingerprint density at radius 3 is 2.54 bits per heavy atom. The molecule has 1 aromatic heterocycles. The highest BCUT2D eigenvalue weighted by molar-refractivity contribution is 5.95. The molecule has 0 aliphatic carbocycles. The average molecular weight is 471 g/mol. The predicted octanol–water partition coefficient (Wildman–Crippen LogP) is 5.73. The zero-order chi connectivity index (χ0) is 24.2. The highest BCUT2D eigenvalue weighted by atomic mass is 16.6. The summed E-state index contributed by atoms with van der Waals surface area (Å²) in [5.41, 5.74) is 2.90. The zero-order valence-electron chi connectivity index (χ0n) is 19.5. The van der Waals surface area contributed by atoms with Crippen molar-refractivity contribution in [3.05, 3.63) is 83.7 Å². The number of carbonyl (C=O) groups is 2. The Bertz CT molecular complexity index is 1360. The molecule has 2 heterocycles. The zero-order valence-corrected chi connectivity index (χ0v) is 19.5. The number of carbonyl (C=O) groups excluding carboxylic acids is 2. The Balaban J connectivity index is 1.12. The van der Waals surface area contributed by atoms with Gasteiger partial charge < -0.3 is 19.2 Å².